The number of fused-ring (bicyclic) bond motifs is 4. The second-order valence-corrected chi connectivity index (χ2v) is 7.55. The molecule has 0 amide bonds. The van der Waals surface area contributed by atoms with Crippen LogP contribution in [-0.4, -0.2) is 40.2 Å². The number of halogens is 1. The summed E-state index contributed by atoms with van der Waals surface area (Å²) < 4.78 is 1.03. The predicted molar refractivity (Wildman–Crippen MR) is 97.4 cm³/mol. The molecular weight excluding hydrogens is 423 g/mol. The highest BCUT2D eigenvalue weighted by Crippen LogP contribution is 2.46. The van der Waals surface area contributed by atoms with Gasteiger partial charge in [-0.2, -0.15) is 0 Å². The normalized spacial score (nSPS) is 32.2. The smallest absolute Gasteiger partial charge is 0.131 e. The van der Waals surface area contributed by atoms with Crippen molar-refractivity contribution >= 4 is 10.9 Å². The van der Waals surface area contributed by atoms with Crippen LogP contribution in [0.15, 0.2) is 49.2 Å². The van der Waals surface area contributed by atoms with Gasteiger partial charge in [0.25, 0.3) is 0 Å². The lowest BCUT2D eigenvalue weighted by atomic mass is 9.71. The number of aliphatic hydroxyl groups is 1. The van der Waals surface area contributed by atoms with E-state index in [0.29, 0.717) is 11.8 Å². The molecule has 4 heterocycles. The molecule has 0 aliphatic carbocycles. The van der Waals surface area contributed by atoms with Crippen LogP contribution in [0.3, 0.4) is 0 Å². The summed E-state index contributed by atoms with van der Waals surface area (Å²) in [5.74, 6) is 1.29. The number of piperidine rings is 3. The lowest BCUT2D eigenvalue weighted by molar-refractivity contribution is -0.971. The zero-order chi connectivity index (χ0) is 16.7. The van der Waals surface area contributed by atoms with Gasteiger partial charge in [-0.25, -0.2) is 0 Å². The van der Waals surface area contributed by atoms with Crippen LogP contribution in [0.5, 0.6) is 0 Å². The Morgan fingerprint density at radius 2 is 2.16 bits per heavy atom. The minimum Gasteiger partial charge on any atom is -1.00 e. The average molecular weight is 450 g/mol. The second-order valence-electron chi connectivity index (χ2n) is 7.55. The molecule has 3 nitrogen and oxygen atoms in total. The van der Waals surface area contributed by atoms with Gasteiger partial charge in [0.15, 0.2) is 0 Å². The zero-order valence-corrected chi connectivity index (χ0v) is 17.0. The molecule has 2 bridgehead atoms. The monoisotopic (exact) mass is 450 g/mol. The van der Waals surface area contributed by atoms with Crippen LogP contribution in [-0.2, 0) is 0 Å². The quantitative estimate of drug-likeness (QED) is 0.423. The van der Waals surface area contributed by atoms with Gasteiger partial charge in [0.2, 0.25) is 0 Å². The van der Waals surface area contributed by atoms with E-state index >= 15 is 0 Å². The van der Waals surface area contributed by atoms with Gasteiger partial charge in [-0.3, -0.25) is 4.98 Å². The van der Waals surface area contributed by atoms with E-state index in [4.69, 9.17) is 0 Å². The number of hydrogen-bond donors (Lipinski definition) is 1. The highest BCUT2D eigenvalue weighted by atomic mass is 127. The van der Waals surface area contributed by atoms with Gasteiger partial charge in [-0.05, 0) is 30.5 Å². The fourth-order valence-corrected chi connectivity index (χ4v) is 5.23. The molecule has 0 spiro atoms. The molecule has 3 aliphatic rings. The second kappa shape index (κ2) is 7.33. The summed E-state index contributed by atoms with van der Waals surface area (Å²) >= 11 is 0. The standard InChI is InChI=1S/C21H27N2O.HI/c1-3-15-14-23(4-2)12-10-16(15)13-20(23)21(24)18-9-11-22-19-8-6-5-7-17(18)19;/h3,5-9,11,15-16,20-21,24H,1,4,10,12-14H2,2H3;1H/q+1;/p-1/t15-,16-,20-,21+,23-;/m0./s1. The molecule has 1 aromatic heterocycles. The Balaban J connectivity index is 0.00000182. The minimum atomic E-state index is -0.425. The Labute approximate surface area is 167 Å². The van der Waals surface area contributed by atoms with Crippen molar-refractivity contribution in [1.29, 1.82) is 0 Å². The van der Waals surface area contributed by atoms with Gasteiger partial charge in [0.1, 0.15) is 12.1 Å². The van der Waals surface area contributed by atoms with Gasteiger partial charge < -0.3 is 33.6 Å². The summed E-state index contributed by atoms with van der Waals surface area (Å²) in [6.45, 7) is 9.74. The first kappa shape index (κ1) is 18.8. The van der Waals surface area contributed by atoms with E-state index in [1.165, 1.54) is 13.0 Å². The molecular formula is C21H27IN2O. The van der Waals surface area contributed by atoms with Crippen molar-refractivity contribution < 1.29 is 33.6 Å². The fourth-order valence-electron chi connectivity index (χ4n) is 5.23. The molecule has 0 saturated carbocycles. The van der Waals surface area contributed by atoms with Crippen molar-refractivity contribution in [3.63, 3.8) is 0 Å². The summed E-state index contributed by atoms with van der Waals surface area (Å²) in [6, 6.07) is 10.4. The minimum absolute atomic E-state index is 0. The number of likely N-dealkylation sites (N-methyl/N-ethyl adjacent to an activating group) is 1. The molecule has 1 aromatic carbocycles. The number of nitrogens with zero attached hydrogens (tertiary/aromatic N) is 2. The van der Waals surface area contributed by atoms with E-state index in [1.807, 2.05) is 30.5 Å². The number of rotatable bonds is 4. The first-order valence-electron chi connectivity index (χ1n) is 9.18. The molecule has 134 valence electrons. The highest BCUT2D eigenvalue weighted by Gasteiger charge is 2.53. The molecule has 3 saturated heterocycles. The van der Waals surface area contributed by atoms with E-state index < -0.39 is 6.10 Å². The number of benzene rings is 1. The maximum Gasteiger partial charge on any atom is 0.131 e. The van der Waals surface area contributed by atoms with Crippen molar-refractivity contribution in [3.05, 3.63) is 54.7 Å². The molecule has 0 radical (unpaired) electrons. The van der Waals surface area contributed by atoms with Gasteiger partial charge in [-0.15, -0.1) is 6.58 Å². The summed E-state index contributed by atoms with van der Waals surface area (Å²) in [5, 5.41) is 12.4. The molecule has 25 heavy (non-hydrogen) atoms. The van der Waals surface area contributed by atoms with Gasteiger partial charge in [0, 0.05) is 30.3 Å². The maximum absolute atomic E-state index is 11.4. The number of quaternary nitrogens is 1. The number of hydrogen-bond acceptors (Lipinski definition) is 2. The van der Waals surface area contributed by atoms with E-state index in [1.54, 1.807) is 0 Å². The molecule has 4 heteroatoms. The van der Waals surface area contributed by atoms with Crippen molar-refractivity contribution in [1.82, 2.24) is 4.98 Å². The van der Waals surface area contributed by atoms with Crippen LogP contribution < -0.4 is 24.0 Å². The molecule has 5 atom stereocenters. The van der Waals surface area contributed by atoms with Crippen molar-refractivity contribution in [2.75, 3.05) is 19.6 Å². The Morgan fingerprint density at radius 1 is 1.36 bits per heavy atom. The molecule has 3 fully saturated rings. The van der Waals surface area contributed by atoms with E-state index in [0.717, 1.165) is 40.5 Å². The van der Waals surface area contributed by atoms with Gasteiger partial charge >= 0.3 is 0 Å². The number of aromatic nitrogens is 1. The van der Waals surface area contributed by atoms with Crippen molar-refractivity contribution in [2.24, 2.45) is 11.8 Å². The molecule has 0 unspecified atom stereocenters. The van der Waals surface area contributed by atoms with Crippen molar-refractivity contribution in [2.45, 2.75) is 31.9 Å². The van der Waals surface area contributed by atoms with E-state index in [-0.39, 0.29) is 30.0 Å². The van der Waals surface area contributed by atoms with Crippen LogP contribution in [0.25, 0.3) is 10.9 Å². The molecule has 3 aliphatic heterocycles. The number of aliphatic hydroxyl groups excluding tert-OH is 1. The van der Waals surface area contributed by atoms with E-state index in [9.17, 15) is 5.11 Å². The molecule has 1 N–H and O–H groups in total. The van der Waals surface area contributed by atoms with Crippen LogP contribution in [0.4, 0.5) is 0 Å². The Hall–Kier alpha value is -0.980. The highest BCUT2D eigenvalue weighted by molar-refractivity contribution is 5.82. The molecule has 2 aromatic rings. The summed E-state index contributed by atoms with van der Waals surface area (Å²) in [7, 11) is 0. The Kier molecular flexibility index (Phi) is 5.51. The lowest BCUT2D eigenvalue weighted by Crippen LogP contribution is -3.00. The van der Waals surface area contributed by atoms with Crippen LogP contribution in [0, 0.1) is 11.8 Å². The van der Waals surface area contributed by atoms with Crippen molar-refractivity contribution in [3.8, 4) is 0 Å². The Bertz CT molecular complexity index is 759. The first-order chi connectivity index (χ1) is 11.7. The third-order valence-electron chi connectivity index (χ3n) is 6.67. The average Bonchev–Trinajstić information content (AvgIpc) is 2.67. The van der Waals surface area contributed by atoms with E-state index in [2.05, 4.69) is 30.6 Å². The van der Waals surface area contributed by atoms with Gasteiger partial charge in [0.05, 0.1) is 25.2 Å². The maximum atomic E-state index is 11.4. The predicted octanol–water partition coefficient (Wildman–Crippen LogP) is 0.703. The third kappa shape index (κ3) is 3.02. The zero-order valence-electron chi connectivity index (χ0n) is 14.8. The SMILES string of the molecule is C=C[C@H]1C[N@+]2(CC)CC[C@H]1C[C@H]2[C@H](O)c1ccnc2ccccc12.[I-]. The van der Waals surface area contributed by atoms with Crippen LogP contribution >= 0.6 is 0 Å². The summed E-state index contributed by atoms with van der Waals surface area (Å²) in [4.78, 5) is 4.45. The summed E-state index contributed by atoms with van der Waals surface area (Å²) in [5.41, 5.74) is 2.01. The third-order valence-corrected chi connectivity index (χ3v) is 6.67. The first-order valence-corrected chi connectivity index (χ1v) is 9.18. The van der Waals surface area contributed by atoms with Gasteiger partial charge in [-0.1, -0.05) is 24.3 Å². The number of pyridine rings is 1. The topological polar surface area (TPSA) is 33.1 Å². The lowest BCUT2D eigenvalue weighted by Gasteiger charge is -2.57. The largest absolute Gasteiger partial charge is 1.00 e. The van der Waals surface area contributed by atoms with Crippen LogP contribution in [0.1, 0.15) is 31.4 Å². The fraction of sp³-hybridized carbons (Fsp3) is 0.476. The molecule has 5 rings (SSSR count). The number of para-hydroxylation sites is 1. The summed E-state index contributed by atoms with van der Waals surface area (Å²) in [6.07, 6.45) is 5.93. The Morgan fingerprint density at radius 3 is 2.92 bits per heavy atom. The van der Waals surface area contributed by atoms with Crippen LogP contribution in [0.2, 0.25) is 0 Å².